The monoisotopic (exact) mass is 400 g/mol. The van der Waals surface area contributed by atoms with Crippen LogP contribution in [-0.4, -0.2) is 57.6 Å². The Morgan fingerprint density at radius 3 is 2.43 bits per heavy atom. The van der Waals surface area contributed by atoms with Crippen molar-refractivity contribution in [3.63, 3.8) is 0 Å². The summed E-state index contributed by atoms with van der Waals surface area (Å²) >= 11 is 6.03. The van der Waals surface area contributed by atoms with E-state index in [9.17, 15) is 9.59 Å². The summed E-state index contributed by atoms with van der Waals surface area (Å²) in [5.41, 5.74) is 1.23. The van der Waals surface area contributed by atoms with Crippen molar-refractivity contribution in [2.45, 2.75) is 32.1 Å². The molecule has 0 N–H and O–H groups in total. The van der Waals surface area contributed by atoms with Gasteiger partial charge in [-0.05, 0) is 56.4 Å². The molecule has 28 heavy (non-hydrogen) atoms. The van der Waals surface area contributed by atoms with Gasteiger partial charge in [-0.2, -0.15) is 5.10 Å². The molecule has 0 saturated carbocycles. The highest BCUT2D eigenvalue weighted by molar-refractivity contribution is 6.30. The van der Waals surface area contributed by atoms with Crippen LogP contribution in [0.2, 0.25) is 5.02 Å². The lowest BCUT2D eigenvalue weighted by atomic mass is 9.94. The Labute approximate surface area is 170 Å². The van der Waals surface area contributed by atoms with E-state index >= 15 is 0 Å². The second kappa shape index (κ2) is 8.35. The van der Waals surface area contributed by atoms with E-state index in [1.54, 1.807) is 29.1 Å². The number of nitrogens with zero attached hydrogens (tertiary/aromatic N) is 4. The van der Waals surface area contributed by atoms with Crippen LogP contribution >= 0.6 is 11.6 Å². The number of carbonyl (C=O) groups excluding carboxylic acids is 2. The smallest absolute Gasteiger partial charge is 0.274 e. The average Bonchev–Trinajstić information content (AvgIpc) is 3.24. The quantitative estimate of drug-likeness (QED) is 0.793. The van der Waals surface area contributed by atoms with Crippen molar-refractivity contribution in [3.05, 3.63) is 47.2 Å². The fourth-order valence-corrected chi connectivity index (χ4v) is 4.25. The molecule has 4 rings (SSSR count). The van der Waals surface area contributed by atoms with Crippen molar-refractivity contribution >= 4 is 23.4 Å². The van der Waals surface area contributed by atoms with Gasteiger partial charge in [0.05, 0.1) is 5.69 Å². The summed E-state index contributed by atoms with van der Waals surface area (Å²) in [6.45, 7) is 2.98. The summed E-state index contributed by atoms with van der Waals surface area (Å²) in [4.78, 5) is 29.3. The van der Waals surface area contributed by atoms with Gasteiger partial charge in [-0.3, -0.25) is 9.59 Å². The minimum absolute atomic E-state index is 0.0474. The molecule has 1 aromatic heterocycles. The number of piperidine rings is 2. The summed E-state index contributed by atoms with van der Waals surface area (Å²) in [7, 11) is 0. The molecular weight excluding hydrogens is 376 g/mol. The van der Waals surface area contributed by atoms with E-state index in [0.717, 1.165) is 44.5 Å². The minimum atomic E-state index is -0.0790. The highest BCUT2D eigenvalue weighted by atomic mass is 35.5. The third-order valence-corrected chi connectivity index (χ3v) is 5.92. The Hall–Kier alpha value is -2.34. The van der Waals surface area contributed by atoms with Crippen molar-refractivity contribution in [2.75, 3.05) is 26.2 Å². The molecule has 0 bridgehead atoms. The maximum Gasteiger partial charge on any atom is 0.274 e. The molecule has 2 aliphatic rings. The molecule has 2 aromatic rings. The number of hydrogen-bond acceptors (Lipinski definition) is 3. The van der Waals surface area contributed by atoms with Crippen molar-refractivity contribution in [3.8, 4) is 5.69 Å². The molecule has 2 aliphatic heterocycles. The zero-order valence-corrected chi connectivity index (χ0v) is 16.6. The fourth-order valence-electron chi connectivity index (χ4n) is 4.06. The van der Waals surface area contributed by atoms with E-state index in [2.05, 4.69) is 5.10 Å². The Balaban J connectivity index is 1.36. The lowest BCUT2D eigenvalue weighted by Gasteiger charge is -2.35. The van der Waals surface area contributed by atoms with Crippen LogP contribution in [0, 0.1) is 5.92 Å². The summed E-state index contributed by atoms with van der Waals surface area (Å²) in [5, 5.41) is 5.04. The SMILES string of the molecule is O=C(c1ccn(-c2cccc(Cl)c2)n1)N1CCC(C(=O)N2CCCCC2)CC1. The number of halogens is 1. The first-order valence-electron chi connectivity index (χ1n) is 10.0. The lowest BCUT2D eigenvalue weighted by Crippen LogP contribution is -2.45. The molecule has 0 unspecified atom stereocenters. The van der Waals surface area contributed by atoms with Crippen molar-refractivity contribution < 1.29 is 9.59 Å². The molecule has 0 atom stereocenters. The zero-order chi connectivity index (χ0) is 19.5. The van der Waals surface area contributed by atoms with Gasteiger partial charge >= 0.3 is 0 Å². The standard InChI is InChI=1S/C21H25ClN4O2/c22-17-5-4-6-18(15-17)26-14-9-19(23-26)21(28)25-12-7-16(8-13-25)20(27)24-10-2-1-3-11-24/h4-6,9,14-16H,1-3,7-8,10-13H2. The molecule has 0 spiro atoms. The van der Waals surface area contributed by atoms with Gasteiger partial charge in [0.1, 0.15) is 0 Å². The van der Waals surface area contributed by atoms with Gasteiger partial charge < -0.3 is 9.80 Å². The molecule has 7 heteroatoms. The number of benzene rings is 1. The Kier molecular flexibility index (Phi) is 5.67. The molecule has 0 radical (unpaired) electrons. The van der Waals surface area contributed by atoms with Gasteiger partial charge in [0.15, 0.2) is 5.69 Å². The summed E-state index contributed by atoms with van der Waals surface area (Å²) in [6.07, 6.45) is 6.67. The normalized spacial score (nSPS) is 18.3. The molecule has 6 nitrogen and oxygen atoms in total. The first-order chi connectivity index (χ1) is 13.6. The number of amides is 2. The van der Waals surface area contributed by atoms with Crippen molar-refractivity contribution in [1.82, 2.24) is 19.6 Å². The Bertz CT molecular complexity index is 852. The van der Waals surface area contributed by atoms with Crippen LogP contribution in [0.3, 0.4) is 0 Å². The van der Waals surface area contributed by atoms with Crippen LogP contribution in [-0.2, 0) is 4.79 Å². The number of likely N-dealkylation sites (tertiary alicyclic amines) is 2. The average molecular weight is 401 g/mol. The fraction of sp³-hybridized carbons (Fsp3) is 0.476. The highest BCUT2D eigenvalue weighted by Crippen LogP contribution is 2.23. The van der Waals surface area contributed by atoms with Crippen LogP contribution in [0.25, 0.3) is 5.69 Å². The largest absolute Gasteiger partial charge is 0.342 e. The van der Waals surface area contributed by atoms with Crippen LogP contribution < -0.4 is 0 Å². The predicted octanol–water partition coefficient (Wildman–Crippen LogP) is 3.39. The minimum Gasteiger partial charge on any atom is -0.342 e. The molecular formula is C21H25ClN4O2. The van der Waals surface area contributed by atoms with Crippen molar-refractivity contribution in [1.29, 1.82) is 0 Å². The molecule has 148 valence electrons. The van der Waals surface area contributed by atoms with E-state index < -0.39 is 0 Å². The van der Waals surface area contributed by atoms with Crippen LogP contribution in [0.15, 0.2) is 36.5 Å². The van der Waals surface area contributed by atoms with Gasteiger partial charge in [-0.15, -0.1) is 0 Å². The second-order valence-electron chi connectivity index (χ2n) is 7.58. The molecule has 0 aliphatic carbocycles. The van der Waals surface area contributed by atoms with Gasteiger partial charge in [0.2, 0.25) is 5.91 Å². The Morgan fingerprint density at radius 2 is 1.71 bits per heavy atom. The van der Waals surface area contributed by atoms with Crippen molar-refractivity contribution in [2.24, 2.45) is 5.92 Å². The third kappa shape index (κ3) is 4.07. The summed E-state index contributed by atoms with van der Waals surface area (Å²) in [5.74, 6) is 0.243. The molecule has 2 fully saturated rings. The summed E-state index contributed by atoms with van der Waals surface area (Å²) in [6, 6.07) is 9.08. The van der Waals surface area contributed by atoms with E-state index in [4.69, 9.17) is 11.6 Å². The molecule has 2 amide bonds. The lowest BCUT2D eigenvalue weighted by molar-refractivity contribution is -0.137. The number of hydrogen-bond donors (Lipinski definition) is 0. The molecule has 1 aromatic carbocycles. The van der Waals surface area contributed by atoms with Crippen LogP contribution in [0.4, 0.5) is 0 Å². The maximum atomic E-state index is 12.8. The Morgan fingerprint density at radius 1 is 0.964 bits per heavy atom. The number of aromatic nitrogens is 2. The topological polar surface area (TPSA) is 58.4 Å². The highest BCUT2D eigenvalue weighted by Gasteiger charge is 2.31. The predicted molar refractivity (Wildman–Crippen MR) is 108 cm³/mol. The first-order valence-corrected chi connectivity index (χ1v) is 10.4. The van der Waals surface area contributed by atoms with Gasteiger partial charge in [-0.1, -0.05) is 17.7 Å². The number of rotatable bonds is 3. The first kappa shape index (κ1) is 19.0. The van der Waals surface area contributed by atoms with Crippen LogP contribution in [0.1, 0.15) is 42.6 Å². The van der Waals surface area contributed by atoms with Gasteiger partial charge in [-0.25, -0.2) is 4.68 Å². The second-order valence-corrected chi connectivity index (χ2v) is 8.01. The van der Waals surface area contributed by atoms with E-state index in [1.165, 1.54) is 6.42 Å². The van der Waals surface area contributed by atoms with Crippen LogP contribution in [0.5, 0.6) is 0 Å². The third-order valence-electron chi connectivity index (χ3n) is 5.68. The zero-order valence-electron chi connectivity index (χ0n) is 15.9. The van der Waals surface area contributed by atoms with E-state index in [-0.39, 0.29) is 17.7 Å². The maximum absolute atomic E-state index is 12.8. The van der Waals surface area contributed by atoms with E-state index in [0.29, 0.717) is 23.8 Å². The molecule has 3 heterocycles. The summed E-state index contributed by atoms with van der Waals surface area (Å²) < 4.78 is 1.66. The molecule has 2 saturated heterocycles. The van der Waals surface area contributed by atoms with E-state index in [1.807, 2.05) is 21.9 Å². The number of carbonyl (C=O) groups is 2. The van der Waals surface area contributed by atoms with Gasteiger partial charge in [0, 0.05) is 43.3 Å². The van der Waals surface area contributed by atoms with Gasteiger partial charge in [0.25, 0.3) is 5.91 Å².